The van der Waals surface area contributed by atoms with Gasteiger partial charge in [-0.25, -0.2) is 4.79 Å². The third-order valence-electron chi connectivity index (χ3n) is 5.00. The Morgan fingerprint density at radius 3 is 2.52 bits per heavy atom. The summed E-state index contributed by atoms with van der Waals surface area (Å²) in [6.07, 6.45) is 0.0751. The van der Waals surface area contributed by atoms with Crippen LogP contribution in [0.15, 0.2) is 51.7 Å². The number of hydrogen-bond donors (Lipinski definition) is 1. The summed E-state index contributed by atoms with van der Waals surface area (Å²) in [5, 5.41) is 3.67. The van der Waals surface area contributed by atoms with E-state index in [0.29, 0.717) is 22.3 Å². The number of carbonyl (C=O) groups is 1. The van der Waals surface area contributed by atoms with Gasteiger partial charge in [0.25, 0.3) is 0 Å². The van der Waals surface area contributed by atoms with Crippen molar-refractivity contribution in [1.29, 1.82) is 0 Å². The highest BCUT2D eigenvalue weighted by molar-refractivity contribution is 5.96. The van der Waals surface area contributed by atoms with Gasteiger partial charge in [-0.2, -0.15) is 0 Å². The van der Waals surface area contributed by atoms with Crippen molar-refractivity contribution in [2.24, 2.45) is 0 Å². The van der Waals surface area contributed by atoms with Gasteiger partial charge in [0.2, 0.25) is 5.91 Å². The maximum Gasteiger partial charge on any atom is 0.336 e. The van der Waals surface area contributed by atoms with Crippen molar-refractivity contribution < 1.29 is 13.9 Å². The Kier molecular flexibility index (Phi) is 6.22. The monoisotopic (exact) mass is 394 g/mol. The van der Waals surface area contributed by atoms with Crippen LogP contribution in [0, 0.1) is 6.92 Å². The molecular formula is C23H26N2O4. The lowest BCUT2D eigenvalue weighted by Crippen LogP contribution is -2.22. The van der Waals surface area contributed by atoms with Crippen LogP contribution in [0.4, 0.5) is 11.4 Å². The molecule has 1 amide bonds. The normalized spacial score (nSPS) is 10.8. The van der Waals surface area contributed by atoms with Crippen molar-refractivity contribution in [2.75, 3.05) is 30.4 Å². The number of amides is 1. The lowest BCUT2D eigenvalue weighted by Gasteiger charge is -2.22. The second-order valence-electron chi connectivity index (χ2n) is 6.85. The predicted molar refractivity (Wildman–Crippen MR) is 116 cm³/mol. The molecule has 0 atom stereocenters. The van der Waals surface area contributed by atoms with Gasteiger partial charge in [0.15, 0.2) is 0 Å². The summed E-state index contributed by atoms with van der Waals surface area (Å²) in [4.78, 5) is 26.8. The largest absolute Gasteiger partial charge is 0.497 e. The Balaban J connectivity index is 1.82. The van der Waals surface area contributed by atoms with E-state index in [9.17, 15) is 9.59 Å². The Bertz CT molecular complexity index is 1080. The van der Waals surface area contributed by atoms with Crippen LogP contribution in [0.5, 0.6) is 5.75 Å². The number of hydrogen-bond acceptors (Lipinski definition) is 5. The van der Waals surface area contributed by atoms with E-state index in [1.165, 1.54) is 6.07 Å². The molecule has 0 saturated heterocycles. The lowest BCUT2D eigenvalue weighted by atomic mass is 10.1. The zero-order valence-electron chi connectivity index (χ0n) is 17.2. The van der Waals surface area contributed by atoms with Crippen LogP contribution in [0.2, 0.25) is 0 Å². The van der Waals surface area contributed by atoms with Crippen molar-refractivity contribution in [2.45, 2.75) is 27.2 Å². The number of aryl methyl sites for hydroxylation is 1. The molecule has 3 rings (SSSR count). The number of methoxy groups -OCH3 is 1. The fourth-order valence-corrected chi connectivity index (χ4v) is 3.42. The molecule has 0 aliphatic rings. The van der Waals surface area contributed by atoms with Gasteiger partial charge in [0, 0.05) is 42.0 Å². The molecule has 6 heteroatoms. The number of nitrogens with one attached hydrogen (secondary N) is 1. The molecule has 0 aliphatic heterocycles. The van der Waals surface area contributed by atoms with E-state index in [1.54, 1.807) is 25.3 Å². The Hall–Kier alpha value is -3.28. The van der Waals surface area contributed by atoms with Crippen LogP contribution >= 0.6 is 0 Å². The topological polar surface area (TPSA) is 71.8 Å². The van der Waals surface area contributed by atoms with Gasteiger partial charge < -0.3 is 19.4 Å². The van der Waals surface area contributed by atoms with Crippen LogP contribution in [0.3, 0.4) is 0 Å². The number of fused-ring (bicyclic) bond motifs is 1. The van der Waals surface area contributed by atoms with Gasteiger partial charge in [0.05, 0.1) is 13.5 Å². The van der Waals surface area contributed by atoms with Gasteiger partial charge in [-0.05, 0) is 62.2 Å². The van der Waals surface area contributed by atoms with Crippen molar-refractivity contribution in [3.63, 3.8) is 0 Å². The maximum absolute atomic E-state index is 12.7. The molecule has 1 heterocycles. The zero-order chi connectivity index (χ0) is 21.0. The summed E-state index contributed by atoms with van der Waals surface area (Å²) in [5.74, 6) is 0.401. The van der Waals surface area contributed by atoms with E-state index in [0.717, 1.165) is 30.0 Å². The molecule has 0 unspecified atom stereocenters. The molecule has 2 aromatic carbocycles. The van der Waals surface area contributed by atoms with Crippen LogP contribution in [0.25, 0.3) is 11.0 Å². The molecule has 0 radical (unpaired) electrons. The Morgan fingerprint density at radius 2 is 1.86 bits per heavy atom. The zero-order valence-corrected chi connectivity index (χ0v) is 17.2. The predicted octanol–water partition coefficient (Wildman–Crippen LogP) is 4.14. The first kappa shape index (κ1) is 20.5. The van der Waals surface area contributed by atoms with Crippen molar-refractivity contribution in [3.8, 4) is 5.75 Å². The van der Waals surface area contributed by atoms with Crippen LogP contribution < -0.4 is 20.6 Å². The van der Waals surface area contributed by atoms with Crippen LogP contribution in [0.1, 0.15) is 25.0 Å². The summed E-state index contributed by atoms with van der Waals surface area (Å²) in [5.41, 5.74) is 3.41. The molecule has 6 nitrogen and oxygen atoms in total. The molecule has 0 saturated carbocycles. The summed E-state index contributed by atoms with van der Waals surface area (Å²) < 4.78 is 10.4. The summed E-state index contributed by atoms with van der Waals surface area (Å²) >= 11 is 0. The van der Waals surface area contributed by atoms with E-state index >= 15 is 0 Å². The van der Waals surface area contributed by atoms with Gasteiger partial charge >= 0.3 is 5.63 Å². The summed E-state index contributed by atoms with van der Waals surface area (Å²) in [6.45, 7) is 8.06. The fraction of sp³-hybridized carbons (Fsp3) is 0.304. The van der Waals surface area contributed by atoms with Crippen LogP contribution in [-0.2, 0) is 11.2 Å². The van der Waals surface area contributed by atoms with E-state index in [-0.39, 0.29) is 12.3 Å². The third-order valence-corrected chi connectivity index (χ3v) is 5.00. The first-order valence-corrected chi connectivity index (χ1v) is 9.71. The minimum Gasteiger partial charge on any atom is -0.497 e. The second-order valence-corrected chi connectivity index (χ2v) is 6.85. The Labute approximate surface area is 170 Å². The van der Waals surface area contributed by atoms with Crippen molar-refractivity contribution >= 4 is 28.3 Å². The molecule has 152 valence electrons. The average Bonchev–Trinajstić information content (AvgIpc) is 2.70. The lowest BCUT2D eigenvalue weighted by molar-refractivity contribution is -0.115. The van der Waals surface area contributed by atoms with Gasteiger partial charge in [-0.15, -0.1) is 0 Å². The van der Waals surface area contributed by atoms with Crippen molar-refractivity contribution in [1.82, 2.24) is 0 Å². The summed E-state index contributed by atoms with van der Waals surface area (Å²) in [6, 6.07) is 12.6. The number of rotatable bonds is 7. The minimum atomic E-state index is -0.492. The summed E-state index contributed by atoms with van der Waals surface area (Å²) in [7, 11) is 1.55. The molecule has 0 fully saturated rings. The quantitative estimate of drug-likeness (QED) is 0.610. The second kappa shape index (κ2) is 8.82. The molecule has 29 heavy (non-hydrogen) atoms. The number of nitrogens with zero attached hydrogens (tertiary/aromatic N) is 1. The highest BCUT2D eigenvalue weighted by atomic mass is 16.5. The molecular weight excluding hydrogens is 368 g/mol. The molecule has 0 bridgehead atoms. The van der Waals surface area contributed by atoms with Gasteiger partial charge in [-0.1, -0.05) is 0 Å². The SMILES string of the molecule is CCN(CC)c1ccc(NC(=O)Cc2cc(=O)oc3cc(OC)ccc23)c(C)c1. The molecule has 1 aromatic heterocycles. The van der Waals surface area contributed by atoms with E-state index < -0.39 is 5.63 Å². The standard InChI is InChI=1S/C23H26N2O4/c1-5-25(6-2)17-7-10-20(15(3)11-17)24-22(26)12-16-13-23(27)29-21-14-18(28-4)8-9-19(16)21/h7-11,13-14H,5-6,12H2,1-4H3,(H,24,26). The number of ether oxygens (including phenoxy) is 1. The van der Waals surface area contributed by atoms with Crippen molar-refractivity contribution in [3.05, 3.63) is 64.0 Å². The fourth-order valence-electron chi connectivity index (χ4n) is 3.42. The molecule has 1 N–H and O–H groups in total. The van der Waals surface area contributed by atoms with Gasteiger partial charge in [0.1, 0.15) is 11.3 Å². The van der Waals surface area contributed by atoms with E-state index in [4.69, 9.17) is 9.15 Å². The maximum atomic E-state index is 12.7. The number of anilines is 2. The molecule has 0 spiro atoms. The smallest absolute Gasteiger partial charge is 0.336 e. The first-order valence-electron chi connectivity index (χ1n) is 9.71. The van der Waals surface area contributed by atoms with E-state index in [1.807, 2.05) is 19.1 Å². The van der Waals surface area contributed by atoms with E-state index in [2.05, 4.69) is 30.1 Å². The number of benzene rings is 2. The third kappa shape index (κ3) is 4.59. The molecule has 0 aliphatic carbocycles. The van der Waals surface area contributed by atoms with Gasteiger partial charge in [-0.3, -0.25) is 4.79 Å². The first-order chi connectivity index (χ1) is 13.9. The highest BCUT2D eigenvalue weighted by Gasteiger charge is 2.13. The highest BCUT2D eigenvalue weighted by Crippen LogP contribution is 2.25. The van der Waals surface area contributed by atoms with Crippen LogP contribution in [-0.4, -0.2) is 26.1 Å². The molecule has 3 aromatic rings. The average molecular weight is 394 g/mol. The minimum absolute atomic E-state index is 0.0751. The Morgan fingerprint density at radius 1 is 1.10 bits per heavy atom. The number of carbonyl (C=O) groups excluding carboxylic acids is 1.